The predicted octanol–water partition coefficient (Wildman–Crippen LogP) is 2.54. The van der Waals surface area contributed by atoms with Gasteiger partial charge in [-0.05, 0) is 31.9 Å². The van der Waals surface area contributed by atoms with Crippen molar-refractivity contribution in [2.45, 2.75) is 44.9 Å². The average molecular weight is 389 g/mol. The van der Waals surface area contributed by atoms with E-state index in [2.05, 4.69) is 20.4 Å². The minimum absolute atomic E-state index is 0.105. The van der Waals surface area contributed by atoms with Gasteiger partial charge < -0.3 is 19.5 Å². The van der Waals surface area contributed by atoms with E-state index < -0.39 is 0 Å². The number of halogens is 1. The molecular weight excluding hydrogens is 364 g/mol. The minimum atomic E-state index is 0.105. The first-order chi connectivity index (χ1) is 13.1. The van der Waals surface area contributed by atoms with Gasteiger partial charge in [-0.2, -0.15) is 0 Å². The Bertz CT molecular complexity index is 831. The van der Waals surface area contributed by atoms with Gasteiger partial charge in [0.1, 0.15) is 24.2 Å². The van der Waals surface area contributed by atoms with E-state index in [-0.39, 0.29) is 6.10 Å². The highest BCUT2D eigenvalue weighted by molar-refractivity contribution is 6.32. The van der Waals surface area contributed by atoms with Crippen LogP contribution in [-0.2, 0) is 13.6 Å². The van der Waals surface area contributed by atoms with Crippen LogP contribution in [0.3, 0.4) is 0 Å². The van der Waals surface area contributed by atoms with Crippen molar-refractivity contribution in [1.82, 2.24) is 25.0 Å². The number of para-hydroxylation sites is 1. The number of aryl methyl sites for hydroxylation is 1. The molecule has 2 aromatic rings. The van der Waals surface area contributed by atoms with Gasteiger partial charge >= 0.3 is 0 Å². The molecule has 0 bridgehead atoms. The highest BCUT2D eigenvalue weighted by Crippen LogP contribution is 2.27. The molecule has 1 atom stereocenters. The first kappa shape index (κ1) is 18.1. The fourth-order valence-corrected chi connectivity index (χ4v) is 3.30. The van der Waals surface area contributed by atoms with Crippen LogP contribution in [0.5, 0.6) is 5.75 Å². The molecule has 1 unspecified atom stereocenters. The molecule has 1 saturated carbocycles. The summed E-state index contributed by atoms with van der Waals surface area (Å²) in [5, 5.41) is 12.5. The summed E-state index contributed by atoms with van der Waals surface area (Å²) in [4.78, 5) is 7.08. The molecule has 1 saturated heterocycles. The largest absolute Gasteiger partial charge is 0.487 e. The molecule has 0 radical (unpaired) electrons. The van der Waals surface area contributed by atoms with Gasteiger partial charge in [0, 0.05) is 26.1 Å². The summed E-state index contributed by atoms with van der Waals surface area (Å²) in [7, 11) is 1.97. The van der Waals surface area contributed by atoms with Crippen LogP contribution in [0.25, 0.3) is 0 Å². The number of nitrogens with one attached hydrogen (secondary N) is 1. The molecule has 144 valence electrons. The maximum absolute atomic E-state index is 6.22. The molecular formula is C19H25ClN6O. The van der Waals surface area contributed by atoms with E-state index >= 15 is 0 Å². The van der Waals surface area contributed by atoms with Crippen molar-refractivity contribution in [2.75, 3.05) is 13.1 Å². The Hall–Kier alpha value is -2.28. The van der Waals surface area contributed by atoms with Crippen molar-refractivity contribution in [2.24, 2.45) is 12.0 Å². The third-order valence-corrected chi connectivity index (χ3v) is 5.35. The summed E-state index contributed by atoms with van der Waals surface area (Å²) in [6.45, 7) is 4.16. The maximum atomic E-state index is 6.22. The summed E-state index contributed by atoms with van der Waals surface area (Å²) in [5.74, 6) is 3.44. The molecule has 4 rings (SSSR count). The number of hydrogen-bond acceptors (Lipinski definition) is 4. The van der Waals surface area contributed by atoms with Crippen LogP contribution in [0.15, 0.2) is 29.3 Å². The molecule has 1 aromatic heterocycles. The van der Waals surface area contributed by atoms with E-state index in [0.29, 0.717) is 17.6 Å². The van der Waals surface area contributed by atoms with Crippen molar-refractivity contribution < 1.29 is 4.74 Å². The summed E-state index contributed by atoms with van der Waals surface area (Å²) in [5.41, 5.74) is 0. The number of aromatic nitrogens is 3. The Morgan fingerprint density at radius 3 is 2.81 bits per heavy atom. The van der Waals surface area contributed by atoms with Gasteiger partial charge in [-0.3, -0.25) is 0 Å². The SMILES string of the molecule is Cc1nnc(CN=C(NC2CC2)N2CCC(Oc3ccccc3Cl)C2)n1C. The van der Waals surface area contributed by atoms with E-state index in [1.807, 2.05) is 42.8 Å². The van der Waals surface area contributed by atoms with Crippen molar-refractivity contribution >= 4 is 17.6 Å². The minimum Gasteiger partial charge on any atom is -0.487 e. The highest BCUT2D eigenvalue weighted by atomic mass is 35.5. The van der Waals surface area contributed by atoms with Gasteiger partial charge in [0.25, 0.3) is 0 Å². The van der Waals surface area contributed by atoms with E-state index in [1.54, 1.807) is 0 Å². The molecule has 0 spiro atoms. The van der Waals surface area contributed by atoms with Gasteiger partial charge in [-0.15, -0.1) is 10.2 Å². The van der Waals surface area contributed by atoms with Crippen molar-refractivity contribution in [3.05, 3.63) is 40.9 Å². The molecule has 1 aromatic carbocycles. The standard InChI is InChI=1S/C19H25ClN6O/c1-13-23-24-18(25(13)2)11-21-19(22-14-7-8-14)26-10-9-15(12-26)27-17-6-4-3-5-16(17)20/h3-6,14-15H,7-12H2,1-2H3,(H,21,22). The molecule has 2 fully saturated rings. The van der Waals surface area contributed by atoms with Crippen LogP contribution < -0.4 is 10.1 Å². The van der Waals surface area contributed by atoms with Crippen molar-refractivity contribution in [3.8, 4) is 5.75 Å². The van der Waals surface area contributed by atoms with Crippen LogP contribution in [0.2, 0.25) is 5.02 Å². The highest BCUT2D eigenvalue weighted by Gasteiger charge is 2.30. The number of ether oxygens (including phenoxy) is 1. The maximum Gasteiger partial charge on any atom is 0.194 e. The topological polar surface area (TPSA) is 67.6 Å². The lowest BCUT2D eigenvalue weighted by atomic mass is 10.3. The molecule has 8 heteroatoms. The number of rotatable bonds is 5. The lowest BCUT2D eigenvalue weighted by Crippen LogP contribution is -2.42. The number of aliphatic imine (C=N–C) groups is 1. The van der Waals surface area contributed by atoms with Crippen LogP contribution in [0, 0.1) is 6.92 Å². The summed E-state index contributed by atoms with van der Waals surface area (Å²) in [6.07, 6.45) is 3.46. The molecule has 7 nitrogen and oxygen atoms in total. The fraction of sp³-hybridized carbons (Fsp3) is 0.526. The molecule has 2 heterocycles. The van der Waals surface area contributed by atoms with Crippen molar-refractivity contribution in [3.63, 3.8) is 0 Å². The van der Waals surface area contributed by atoms with E-state index in [1.165, 1.54) is 12.8 Å². The monoisotopic (exact) mass is 388 g/mol. The van der Waals surface area contributed by atoms with Gasteiger partial charge in [-0.25, -0.2) is 4.99 Å². The Morgan fingerprint density at radius 2 is 2.11 bits per heavy atom. The predicted molar refractivity (Wildman–Crippen MR) is 105 cm³/mol. The Labute approximate surface area is 164 Å². The molecule has 0 amide bonds. The van der Waals surface area contributed by atoms with Gasteiger partial charge in [0.05, 0.1) is 11.6 Å². The summed E-state index contributed by atoms with van der Waals surface area (Å²) >= 11 is 6.22. The first-order valence-electron chi connectivity index (χ1n) is 9.42. The van der Waals surface area contributed by atoms with Crippen LogP contribution in [0.1, 0.15) is 30.9 Å². The third-order valence-electron chi connectivity index (χ3n) is 5.04. The number of likely N-dealkylation sites (tertiary alicyclic amines) is 1. The Morgan fingerprint density at radius 1 is 1.30 bits per heavy atom. The second-order valence-electron chi connectivity index (χ2n) is 7.19. The fourth-order valence-electron chi connectivity index (χ4n) is 3.12. The second kappa shape index (κ2) is 7.76. The van der Waals surface area contributed by atoms with Crippen molar-refractivity contribution in [1.29, 1.82) is 0 Å². The summed E-state index contributed by atoms with van der Waals surface area (Å²) in [6, 6.07) is 8.16. The zero-order valence-electron chi connectivity index (χ0n) is 15.7. The Kier molecular flexibility index (Phi) is 5.20. The van der Waals surface area contributed by atoms with Crippen LogP contribution >= 0.6 is 11.6 Å². The number of nitrogens with zero attached hydrogens (tertiary/aromatic N) is 5. The number of guanidine groups is 1. The van der Waals surface area contributed by atoms with E-state index in [9.17, 15) is 0 Å². The molecule has 27 heavy (non-hydrogen) atoms. The molecule has 1 N–H and O–H groups in total. The van der Waals surface area contributed by atoms with E-state index in [0.717, 1.165) is 42.9 Å². The zero-order valence-corrected chi connectivity index (χ0v) is 16.5. The first-order valence-corrected chi connectivity index (χ1v) is 9.80. The van der Waals surface area contributed by atoms with Gasteiger partial charge in [0.2, 0.25) is 0 Å². The Balaban J connectivity index is 1.42. The summed E-state index contributed by atoms with van der Waals surface area (Å²) < 4.78 is 8.09. The van der Waals surface area contributed by atoms with Crippen LogP contribution in [-0.4, -0.2) is 50.9 Å². The smallest absolute Gasteiger partial charge is 0.194 e. The number of hydrogen-bond donors (Lipinski definition) is 1. The lowest BCUT2D eigenvalue weighted by molar-refractivity contribution is 0.214. The zero-order chi connectivity index (χ0) is 18.8. The average Bonchev–Trinajstić information content (AvgIpc) is 3.27. The third kappa shape index (κ3) is 4.35. The lowest BCUT2D eigenvalue weighted by Gasteiger charge is -2.22. The molecule has 1 aliphatic carbocycles. The molecule has 1 aliphatic heterocycles. The van der Waals surface area contributed by atoms with Gasteiger partial charge in [-0.1, -0.05) is 23.7 Å². The second-order valence-corrected chi connectivity index (χ2v) is 7.59. The van der Waals surface area contributed by atoms with Gasteiger partial charge in [0.15, 0.2) is 11.8 Å². The molecule has 2 aliphatic rings. The normalized spacial score (nSPS) is 20.2. The number of benzene rings is 1. The van der Waals surface area contributed by atoms with Crippen LogP contribution in [0.4, 0.5) is 0 Å². The van der Waals surface area contributed by atoms with E-state index in [4.69, 9.17) is 21.3 Å². The quantitative estimate of drug-likeness (QED) is 0.629.